The van der Waals surface area contributed by atoms with E-state index in [1.807, 2.05) is 18.2 Å². The number of hydrogen-bond acceptors (Lipinski definition) is 5. The number of fused-ring (bicyclic) bond motifs is 3. The van der Waals surface area contributed by atoms with Gasteiger partial charge in [-0.2, -0.15) is 0 Å². The molecular weight excluding hydrogens is 352 g/mol. The molecule has 0 saturated carbocycles. The van der Waals surface area contributed by atoms with Crippen LogP contribution in [0.4, 0.5) is 5.69 Å². The molecule has 0 radical (unpaired) electrons. The lowest BCUT2D eigenvalue weighted by Crippen LogP contribution is -2.33. The zero-order valence-corrected chi connectivity index (χ0v) is 16.8. The third-order valence-electron chi connectivity index (χ3n) is 5.23. The number of furan rings is 1. The van der Waals surface area contributed by atoms with Crippen molar-refractivity contribution in [1.82, 2.24) is 4.98 Å². The summed E-state index contributed by atoms with van der Waals surface area (Å²) in [6, 6.07) is 9.05. The molecule has 0 spiro atoms. The molecule has 5 nitrogen and oxygen atoms in total. The van der Waals surface area contributed by atoms with Crippen molar-refractivity contribution in [2.75, 3.05) is 5.73 Å². The van der Waals surface area contributed by atoms with E-state index >= 15 is 0 Å². The zero-order valence-electron chi connectivity index (χ0n) is 16.8. The monoisotopic (exact) mass is 378 g/mol. The Morgan fingerprint density at radius 3 is 2.61 bits per heavy atom. The van der Waals surface area contributed by atoms with Gasteiger partial charge in [-0.25, -0.2) is 4.98 Å². The van der Waals surface area contributed by atoms with E-state index in [0.29, 0.717) is 35.9 Å². The van der Waals surface area contributed by atoms with Crippen molar-refractivity contribution in [2.24, 2.45) is 5.92 Å². The molecule has 0 fully saturated rings. The number of aromatic nitrogens is 1. The maximum atomic E-state index is 13.0. The number of anilines is 1. The molecule has 1 aliphatic rings. The first-order valence-electron chi connectivity index (χ1n) is 9.73. The Labute approximate surface area is 164 Å². The number of carbonyl (C=O) groups is 1. The third-order valence-corrected chi connectivity index (χ3v) is 5.23. The first kappa shape index (κ1) is 18.7. The smallest absolute Gasteiger partial charge is 0.230 e. The largest absolute Gasteiger partial charge is 0.432 e. The van der Waals surface area contributed by atoms with Crippen LogP contribution in [0, 0.1) is 5.92 Å². The zero-order chi connectivity index (χ0) is 20.1. The third kappa shape index (κ3) is 3.20. The van der Waals surface area contributed by atoms with Crippen molar-refractivity contribution in [3.8, 4) is 0 Å². The lowest BCUT2D eigenvalue weighted by molar-refractivity contribution is -0.0402. The van der Waals surface area contributed by atoms with Gasteiger partial charge < -0.3 is 14.9 Å². The molecule has 1 aliphatic heterocycles. The van der Waals surface area contributed by atoms with Gasteiger partial charge in [0.05, 0.1) is 29.0 Å². The number of nitrogens with zero attached hydrogens (tertiary/aromatic N) is 1. The second-order valence-corrected chi connectivity index (χ2v) is 8.56. The van der Waals surface area contributed by atoms with E-state index in [4.69, 9.17) is 19.9 Å². The molecule has 0 unspecified atom stereocenters. The van der Waals surface area contributed by atoms with E-state index in [9.17, 15) is 4.79 Å². The van der Waals surface area contributed by atoms with Gasteiger partial charge in [-0.3, -0.25) is 4.79 Å². The maximum Gasteiger partial charge on any atom is 0.230 e. The summed E-state index contributed by atoms with van der Waals surface area (Å²) in [6.07, 6.45) is 1.53. The van der Waals surface area contributed by atoms with Crippen LogP contribution < -0.4 is 5.73 Å². The fraction of sp³-hybridized carbons (Fsp3) is 0.391. The highest BCUT2D eigenvalue weighted by Crippen LogP contribution is 2.40. The number of carbonyl (C=O) groups excluding carboxylic acids is 1. The van der Waals surface area contributed by atoms with E-state index in [-0.39, 0.29) is 17.1 Å². The molecule has 0 amide bonds. The Bertz CT molecular complexity index is 1050. The molecule has 0 aliphatic carbocycles. The number of nitrogen functional groups attached to an aromatic ring is 1. The summed E-state index contributed by atoms with van der Waals surface area (Å²) < 4.78 is 12.0. The topological polar surface area (TPSA) is 78.4 Å². The van der Waals surface area contributed by atoms with Gasteiger partial charge >= 0.3 is 0 Å². The number of rotatable bonds is 4. The normalized spacial score (nSPS) is 15.8. The Hall–Kier alpha value is -2.66. The van der Waals surface area contributed by atoms with Crippen LogP contribution in [0.3, 0.4) is 0 Å². The number of ketones is 1. The number of benzene rings is 1. The second-order valence-electron chi connectivity index (χ2n) is 8.56. The Morgan fingerprint density at radius 1 is 1.21 bits per heavy atom. The molecule has 0 bridgehead atoms. The summed E-state index contributed by atoms with van der Waals surface area (Å²) >= 11 is 0. The number of hydrogen-bond donors (Lipinski definition) is 1. The van der Waals surface area contributed by atoms with Crippen molar-refractivity contribution < 1.29 is 13.9 Å². The predicted molar refractivity (Wildman–Crippen MR) is 109 cm³/mol. The van der Waals surface area contributed by atoms with E-state index in [0.717, 1.165) is 28.6 Å². The second kappa shape index (κ2) is 6.74. The number of pyridine rings is 1. The van der Waals surface area contributed by atoms with Gasteiger partial charge in [0, 0.05) is 17.5 Å². The highest BCUT2D eigenvalue weighted by Gasteiger charge is 2.33. The molecule has 146 valence electrons. The highest BCUT2D eigenvalue weighted by atomic mass is 16.5. The molecule has 3 aromatic rings. The quantitative estimate of drug-likeness (QED) is 0.666. The fourth-order valence-corrected chi connectivity index (χ4v) is 3.87. The van der Waals surface area contributed by atoms with Crippen molar-refractivity contribution in [1.29, 1.82) is 0 Å². The van der Waals surface area contributed by atoms with E-state index < -0.39 is 0 Å². The summed E-state index contributed by atoms with van der Waals surface area (Å²) in [7, 11) is 0. The van der Waals surface area contributed by atoms with Gasteiger partial charge in [0.2, 0.25) is 17.3 Å². The van der Waals surface area contributed by atoms with Crippen LogP contribution in [0.15, 0.2) is 34.7 Å². The lowest BCUT2D eigenvalue weighted by atomic mass is 9.87. The van der Waals surface area contributed by atoms with Crippen LogP contribution in [-0.4, -0.2) is 16.4 Å². The standard InChI is InChI=1S/C23H26N2O3/c1-13(2)10-17-16-12-27-23(3,4)11-15(16)18-19(24)21(28-22(18)25-17)20(26)14-8-6-5-7-9-14/h5-9,13H,10-12,24H2,1-4H3. The van der Waals surface area contributed by atoms with Crippen LogP contribution in [0.25, 0.3) is 11.1 Å². The molecular formula is C23H26N2O3. The average molecular weight is 378 g/mol. The van der Waals surface area contributed by atoms with Crippen molar-refractivity contribution in [3.63, 3.8) is 0 Å². The highest BCUT2D eigenvalue weighted by molar-refractivity contribution is 6.14. The van der Waals surface area contributed by atoms with Crippen molar-refractivity contribution in [3.05, 3.63) is 58.5 Å². The Kier molecular flexibility index (Phi) is 4.50. The van der Waals surface area contributed by atoms with Crippen LogP contribution in [-0.2, 0) is 24.2 Å². The van der Waals surface area contributed by atoms with Crippen LogP contribution in [0.5, 0.6) is 0 Å². The molecule has 4 rings (SSSR count). The van der Waals surface area contributed by atoms with E-state index in [2.05, 4.69) is 27.7 Å². The van der Waals surface area contributed by atoms with Crippen LogP contribution in [0.1, 0.15) is 60.6 Å². The maximum absolute atomic E-state index is 13.0. The molecule has 2 aromatic heterocycles. The molecule has 1 aromatic carbocycles. The van der Waals surface area contributed by atoms with Crippen LogP contribution in [0.2, 0.25) is 0 Å². The van der Waals surface area contributed by atoms with Gasteiger partial charge in [-0.05, 0) is 31.7 Å². The summed E-state index contributed by atoms with van der Waals surface area (Å²) in [4.78, 5) is 17.7. The molecule has 3 heterocycles. The molecule has 0 saturated heterocycles. The lowest BCUT2D eigenvalue weighted by Gasteiger charge is -2.33. The fourth-order valence-electron chi connectivity index (χ4n) is 3.87. The first-order chi connectivity index (χ1) is 13.3. The van der Waals surface area contributed by atoms with Crippen molar-refractivity contribution in [2.45, 2.75) is 52.7 Å². The Balaban J connectivity index is 1.93. The average Bonchev–Trinajstić information content (AvgIpc) is 2.97. The minimum Gasteiger partial charge on any atom is -0.432 e. The van der Waals surface area contributed by atoms with Gasteiger partial charge in [0.25, 0.3) is 0 Å². The number of ether oxygens (including phenoxy) is 1. The van der Waals surface area contributed by atoms with E-state index in [1.54, 1.807) is 12.1 Å². The summed E-state index contributed by atoms with van der Waals surface area (Å²) in [6.45, 7) is 8.95. The minimum absolute atomic E-state index is 0.168. The van der Waals surface area contributed by atoms with Gasteiger partial charge in [-0.15, -0.1) is 0 Å². The Morgan fingerprint density at radius 2 is 1.93 bits per heavy atom. The molecule has 2 N–H and O–H groups in total. The summed E-state index contributed by atoms with van der Waals surface area (Å²) in [5.41, 5.74) is 10.7. The van der Waals surface area contributed by atoms with Crippen LogP contribution >= 0.6 is 0 Å². The van der Waals surface area contributed by atoms with E-state index in [1.165, 1.54) is 0 Å². The van der Waals surface area contributed by atoms with Gasteiger partial charge in [-0.1, -0.05) is 44.2 Å². The molecule has 28 heavy (non-hydrogen) atoms. The minimum atomic E-state index is -0.302. The van der Waals surface area contributed by atoms with Crippen molar-refractivity contribution >= 4 is 22.6 Å². The molecule has 0 atom stereocenters. The molecule has 5 heteroatoms. The van der Waals surface area contributed by atoms with Gasteiger partial charge in [0.1, 0.15) is 0 Å². The summed E-state index contributed by atoms with van der Waals surface area (Å²) in [5.74, 6) is 0.394. The van der Waals surface area contributed by atoms with Gasteiger partial charge in [0.15, 0.2) is 0 Å². The SMILES string of the molecule is CC(C)Cc1nc2oc(C(=O)c3ccccc3)c(N)c2c2c1COC(C)(C)C2. The predicted octanol–water partition coefficient (Wildman–Crippen LogP) is 4.69. The first-order valence-corrected chi connectivity index (χ1v) is 9.73. The number of nitrogens with two attached hydrogens (primary N) is 1. The summed E-state index contributed by atoms with van der Waals surface area (Å²) in [5, 5.41) is 0.762.